The van der Waals surface area contributed by atoms with Crippen LogP contribution in [0.15, 0.2) is 24.0 Å². The van der Waals surface area contributed by atoms with Crippen molar-refractivity contribution in [3.63, 3.8) is 0 Å². The number of hydrogen-bond donors (Lipinski definition) is 0. The van der Waals surface area contributed by atoms with E-state index in [9.17, 15) is 0 Å². The molecular weight excluding hydrogens is 220 g/mol. The first-order chi connectivity index (χ1) is 7.83. The molecular formula is C11H10N4S. The standard InChI is InChI=1S/C11H10N4S/c1-2-15-8-9(7-14-15)5-10(6-12)11-13-3-4-16-11/h3-5,7-8H,2H2,1H3. The Morgan fingerprint density at radius 2 is 2.56 bits per heavy atom. The molecule has 0 saturated carbocycles. The number of nitrogens with zero attached hydrogens (tertiary/aromatic N) is 4. The van der Waals surface area contributed by atoms with E-state index in [0.717, 1.165) is 17.1 Å². The average molecular weight is 230 g/mol. The van der Waals surface area contributed by atoms with Crippen molar-refractivity contribution in [3.05, 3.63) is 34.5 Å². The number of allylic oxidation sites excluding steroid dienone is 1. The Labute approximate surface area is 97.5 Å². The minimum Gasteiger partial charge on any atom is -0.272 e. The van der Waals surface area contributed by atoms with Gasteiger partial charge < -0.3 is 0 Å². The molecule has 0 radical (unpaired) electrons. The highest BCUT2D eigenvalue weighted by Crippen LogP contribution is 2.19. The monoisotopic (exact) mass is 230 g/mol. The highest BCUT2D eigenvalue weighted by Gasteiger charge is 2.04. The smallest absolute Gasteiger partial charge is 0.133 e. The van der Waals surface area contributed by atoms with Gasteiger partial charge in [-0.3, -0.25) is 4.68 Å². The van der Waals surface area contributed by atoms with E-state index in [1.165, 1.54) is 11.3 Å². The molecule has 0 aliphatic heterocycles. The third-order valence-corrected chi connectivity index (χ3v) is 2.88. The fourth-order valence-corrected chi connectivity index (χ4v) is 1.90. The van der Waals surface area contributed by atoms with Crippen molar-refractivity contribution in [1.29, 1.82) is 5.26 Å². The van der Waals surface area contributed by atoms with Gasteiger partial charge in [-0.05, 0) is 13.0 Å². The molecule has 5 heteroatoms. The molecule has 2 aromatic rings. The van der Waals surface area contributed by atoms with Crippen molar-refractivity contribution in [2.75, 3.05) is 0 Å². The van der Waals surface area contributed by atoms with E-state index < -0.39 is 0 Å². The van der Waals surface area contributed by atoms with Crippen molar-refractivity contribution >= 4 is 23.0 Å². The first-order valence-electron chi connectivity index (χ1n) is 4.87. The highest BCUT2D eigenvalue weighted by molar-refractivity contribution is 7.10. The number of nitriles is 1. The third-order valence-electron chi connectivity index (χ3n) is 2.07. The predicted octanol–water partition coefficient (Wildman–Crippen LogP) is 2.42. The molecule has 0 bridgehead atoms. The molecule has 0 fully saturated rings. The van der Waals surface area contributed by atoms with Crippen molar-refractivity contribution in [1.82, 2.24) is 14.8 Å². The van der Waals surface area contributed by atoms with Gasteiger partial charge >= 0.3 is 0 Å². The van der Waals surface area contributed by atoms with E-state index in [4.69, 9.17) is 5.26 Å². The maximum absolute atomic E-state index is 9.04. The summed E-state index contributed by atoms with van der Waals surface area (Å²) in [5.74, 6) is 0. The van der Waals surface area contributed by atoms with E-state index in [1.807, 2.05) is 23.2 Å². The third kappa shape index (κ3) is 2.18. The number of aromatic nitrogens is 3. The first-order valence-corrected chi connectivity index (χ1v) is 5.75. The van der Waals surface area contributed by atoms with Gasteiger partial charge in [-0.2, -0.15) is 10.4 Å². The molecule has 0 spiro atoms. The van der Waals surface area contributed by atoms with Crippen molar-refractivity contribution in [2.24, 2.45) is 0 Å². The van der Waals surface area contributed by atoms with Gasteiger partial charge in [-0.15, -0.1) is 11.3 Å². The summed E-state index contributed by atoms with van der Waals surface area (Å²) in [6.07, 6.45) is 7.15. The molecule has 2 aromatic heterocycles. The summed E-state index contributed by atoms with van der Waals surface area (Å²) in [6.45, 7) is 2.85. The Bertz CT molecular complexity index is 531. The summed E-state index contributed by atoms with van der Waals surface area (Å²) >= 11 is 1.46. The average Bonchev–Trinajstić information content (AvgIpc) is 2.96. The molecule has 0 aromatic carbocycles. The first kappa shape index (κ1) is 10.6. The van der Waals surface area contributed by atoms with E-state index in [0.29, 0.717) is 5.57 Å². The summed E-state index contributed by atoms with van der Waals surface area (Å²) < 4.78 is 1.82. The van der Waals surface area contributed by atoms with Gasteiger partial charge in [0, 0.05) is 29.9 Å². The SMILES string of the molecule is CCn1cc(C=C(C#N)c2nccs2)cn1. The van der Waals surface area contributed by atoms with Gasteiger partial charge in [-0.25, -0.2) is 4.98 Å². The predicted molar refractivity (Wildman–Crippen MR) is 63.5 cm³/mol. The molecule has 0 atom stereocenters. The lowest BCUT2D eigenvalue weighted by Gasteiger charge is -1.91. The van der Waals surface area contributed by atoms with Crippen LogP contribution in [0.2, 0.25) is 0 Å². The van der Waals surface area contributed by atoms with Crippen LogP contribution in [0.25, 0.3) is 11.6 Å². The van der Waals surface area contributed by atoms with Crippen LogP contribution in [-0.4, -0.2) is 14.8 Å². The Morgan fingerprint density at radius 1 is 1.69 bits per heavy atom. The molecule has 2 rings (SSSR count). The summed E-state index contributed by atoms with van der Waals surface area (Å²) in [7, 11) is 0. The largest absolute Gasteiger partial charge is 0.272 e. The van der Waals surface area contributed by atoms with Crippen molar-refractivity contribution in [3.8, 4) is 6.07 Å². The van der Waals surface area contributed by atoms with Crippen LogP contribution in [0.3, 0.4) is 0 Å². The molecule has 0 aliphatic carbocycles. The zero-order valence-corrected chi connectivity index (χ0v) is 9.61. The lowest BCUT2D eigenvalue weighted by molar-refractivity contribution is 0.660. The molecule has 80 valence electrons. The zero-order chi connectivity index (χ0) is 11.4. The maximum Gasteiger partial charge on any atom is 0.133 e. The highest BCUT2D eigenvalue weighted by atomic mass is 32.1. The Balaban J connectivity index is 2.32. The lowest BCUT2D eigenvalue weighted by atomic mass is 10.2. The molecule has 0 aliphatic rings. The minimum absolute atomic E-state index is 0.575. The number of aryl methyl sites for hydroxylation is 1. The molecule has 0 N–H and O–H groups in total. The Hall–Kier alpha value is -1.93. The Morgan fingerprint density at radius 3 is 3.12 bits per heavy atom. The van der Waals surface area contributed by atoms with Crippen LogP contribution in [0, 0.1) is 11.3 Å². The van der Waals surface area contributed by atoms with E-state index >= 15 is 0 Å². The second-order valence-electron chi connectivity index (χ2n) is 3.14. The molecule has 2 heterocycles. The number of rotatable bonds is 3. The summed E-state index contributed by atoms with van der Waals surface area (Å²) in [4.78, 5) is 4.11. The fourth-order valence-electron chi connectivity index (χ4n) is 1.29. The van der Waals surface area contributed by atoms with E-state index in [1.54, 1.807) is 18.5 Å². The van der Waals surface area contributed by atoms with Crippen LogP contribution in [0.1, 0.15) is 17.5 Å². The summed E-state index contributed by atoms with van der Waals surface area (Å²) in [6, 6.07) is 2.15. The number of thiazole rings is 1. The fraction of sp³-hybridized carbons (Fsp3) is 0.182. The maximum atomic E-state index is 9.04. The minimum atomic E-state index is 0.575. The van der Waals surface area contributed by atoms with Gasteiger partial charge in [0.15, 0.2) is 0 Å². The van der Waals surface area contributed by atoms with E-state index in [2.05, 4.69) is 16.2 Å². The molecule has 16 heavy (non-hydrogen) atoms. The van der Waals surface area contributed by atoms with Crippen LogP contribution >= 0.6 is 11.3 Å². The van der Waals surface area contributed by atoms with Crippen molar-refractivity contribution < 1.29 is 0 Å². The zero-order valence-electron chi connectivity index (χ0n) is 8.79. The second kappa shape index (κ2) is 4.73. The van der Waals surface area contributed by atoms with Crippen LogP contribution < -0.4 is 0 Å². The van der Waals surface area contributed by atoms with Crippen molar-refractivity contribution in [2.45, 2.75) is 13.5 Å². The molecule has 4 nitrogen and oxygen atoms in total. The van der Waals surface area contributed by atoms with Gasteiger partial charge in [0.1, 0.15) is 11.1 Å². The quantitative estimate of drug-likeness (QED) is 0.761. The molecule has 0 unspecified atom stereocenters. The summed E-state index contributed by atoms with van der Waals surface area (Å²) in [5.41, 5.74) is 1.50. The topological polar surface area (TPSA) is 54.5 Å². The lowest BCUT2D eigenvalue weighted by Crippen LogP contribution is -1.91. The Kier molecular flexibility index (Phi) is 3.13. The molecule has 0 amide bonds. The van der Waals surface area contributed by atoms with Gasteiger partial charge in [-0.1, -0.05) is 0 Å². The number of hydrogen-bond acceptors (Lipinski definition) is 4. The van der Waals surface area contributed by atoms with Gasteiger partial charge in [0.25, 0.3) is 0 Å². The van der Waals surface area contributed by atoms with E-state index in [-0.39, 0.29) is 0 Å². The summed E-state index contributed by atoms with van der Waals surface area (Å²) in [5, 5.41) is 15.8. The van der Waals surface area contributed by atoms with Crippen LogP contribution in [0.5, 0.6) is 0 Å². The van der Waals surface area contributed by atoms with Crippen LogP contribution in [0.4, 0.5) is 0 Å². The van der Waals surface area contributed by atoms with Gasteiger partial charge in [0.05, 0.1) is 11.8 Å². The second-order valence-corrected chi connectivity index (χ2v) is 4.03. The van der Waals surface area contributed by atoms with Gasteiger partial charge in [0.2, 0.25) is 0 Å². The van der Waals surface area contributed by atoms with Crippen LogP contribution in [-0.2, 0) is 6.54 Å². The molecule has 0 saturated heterocycles. The normalized spacial score (nSPS) is 11.4.